The summed E-state index contributed by atoms with van der Waals surface area (Å²) in [6.07, 6.45) is 4.99. The number of likely N-dealkylation sites (tertiary alicyclic amines) is 1. The van der Waals surface area contributed by atoms with Crippen molar-refractivity contribution in [2.75, 3.05) is 11.9 Å². The Labute approximate surface area is 104 Å². The number of hydrogen-bond acceptors (Lipinski definition) is 3. The number of nitrogens with one attached hydrogen (secondary N) is 1. The molecular weight excluding hydrogens is 236 g/mol. The van der Waals surface area contributed by atoms with E-state index in [1.807, 2.05) is 6.92 Å². The Morgan fingerprint density at radius 2 is 2.39 bits per heavy atom. The maximum Gasteiger partial charge on any atom is 0.325 e. The lowest BCUT2D eigenvalue weighted by Crippen LogP contribution is -2.37. The quantitative estimate of drug-likeness (QED) is 0.839. The van der Waals surface area contributed by atoms with E-state index in [2.05, 4.69) is 10.4 Å². The van der Waals surface area contributed by atoms with Gasteiger partial charge in [-0.05, 0) is 19.8 Å². The molecule has 1 aromatic heterocycles. The van der Waals surface area contributed by atoms with Crippen molar-refractivity contribution in [1.82, 2.24) is 14.7 Å². The molecule has 2 amide bonds. The van der Waals surface area contributed by atoms with Crippen molar-refractivity contribution in [2.24, 2.45) is 0 Å². The molecule has 1 fully saturated rings. The molecular formula is C11H16N4O3. The van der Waals surface area contributed by atoms with E-state index in [1.165, 1.54) is 17.1 Å². The molecule has 2 heterocycles. The molecule has 0 aliphatic carbocycles. The number of nitrogens with zero attached hydrogens (tertiary/aromatic N) is 3. The summed E-state index contributed by atoms with van der Waals surface area (Å²) in [5.74, 6) is -0.968. The van der Waals surface area contributed by atoms with Crippen LogP contribution in [0.4, 0.5) is 10.5 Å². The van der Waals surface area contributed by atoms with E-state index >= 15 is 0 Å². The average molecular weight is 252 g/mol. The van der Waals surface area contributed by atoms with Gasteiger partial charge in [-0.3, -0.25) is 9.48 Å². The highest BCUT2D eigenvalue weighted by molar-refractivity contribution is 5.89. The van der Waals surface area contributed by atoms with E-state index < -0.39 is 5.97 Å². The van der Waals surface area contributed by atoms with Gasteiger partial charge in [0.25, 0.3) is 0 Å². The molecule has 18 heavy (non-hydrogen) atoms. The first-order valence-electron chi connectivity index (χ1n) is 5.88. The Kier molecular flexibility index (Phi) is 3.50. The van der Waals surface area contributed by atoms with E-state index in [0.29, 0.717) is 5.69 Å². The Bertz CT molecular complexity index is 457. The molecule has 0 saturated carbocycles. The van der Waals surface area contributed by atoms with E-state index in [0.717, 1.165) is 19.4 Å². The van der Waals surface area contributed by atoms with Crippen molar-refractivity contribution in [2.45, 2.75) is 32.4 Å². The minimum Gasteiger partial charge on any atom is -0.480 e. The van der Waals surface area contributed by atoms with Gasteiger partial charge in [0.2, 0.25) is 0 Å². The highest BCUT2D eigenvalue weighted by atomic mass is 16.4. The second kappa shape index (κ2) is 5.07. The van der Waals surface area contributed by atoms with Gasteiger partial charge in [-0.15, -0.1) is 0 Å². The van der Waals surface area contributed by atoms with E-state index in [1.54, 1.807) is 4.90 Å². The van der Waals surface area contributed by atoms with Gasteiger partial charge in [-0.2, -0.15) is 5.10 Å². The van der Waals surface area contributed by atoms with Crippen LogP contribution in [0.3, 0.4) is 0 Å². The van der Waals surface area contributed by atoms with Gasteiger partial charge in [0.1, 0.15) is 6.54 Å². The average Bonchev–Trinajstić information content (AvgIpc) is 2.87. The molecule has 0 bridgehead atoms. The number of aliphatic carboxylic acids is 1. The zero-order chi connectivity index (χ0) is 13.1. The van der Waals surface area contributed by atoms with E-state index in [9.17, 15) is 9.59 Å². The SMILES string of the molecule is CC1CCCN1C(=O)Nc1cnn(CC(=O)O)c1. The predicted molar refractivity (Wildman–Crippen MR) is 64.3 cm³/mol. The van der Waals surface area contributed by atoms with Crippen LogP contribution >= 0.6 is 0 Å². The fourth-order valence-electron chi connectivity index (χ4n) is 2.08. The van der Waals surface area contributed by atoms with Crippen LogP contribution in [-0.4, -0.2) is 44.4 Å². The zero-order valence-electron chi connectivity index (χ0n) is 10.2. The first-order valence-corrected chi connectivity index (χ1v) is 5.88. The van der Waals surface area contributed by atoms with Gasteiger partial charge >= 0.3 is 12.0 Å². The van der Waals surface area contributed by atoms with Gasteiger partial charge in [0.15, 0.2) is 0 Å². The topological polar surface area (TPSA) is 87.5 Å². The van der Waals surface area contributed by atoms with Gasteiger partial charge in [0, 0.05) is 18.8 Å². The largest absolute Gasteiger partial charge is 0.480 e. The molecule has 1 atom stereocenters. The van der Waals surface area contributed by atoms with Gasteiger partial charge in [-0.25, -0.2) is 4.79 Å². The van der Waals surface area contributed by atoms with Crippen LogP contribution in [0.5, 0.6) is 0 Å². The van der Waals surface area contributed by atoms with Crippen LogP contribution in [0.1, 0.15) is 19.8 Å². The van der Waals surface area contributed by atoms with Crippen LogP contribution in [-0.2, 0) is 11.3 Å². The van der Waals surface area contributed by atoms with Crippen molar-refractivity contribution in [1.29, 1.82) is 0 Å². The molecule has 1 saturated heterocycles. The number of anilines is 1. The normalized spacial score (nSPS) is 18.9. The maximum absolute atomic E-state index is 11.9. The van der Waals surface area contributed by atoms with Crippen LogP contribution in [0.25, 0.3) is 0 Å². The fourth-order valence-corrected chi connectivity index (χ4v) is 2.08. The number of rotatable bonds is 3. The summed E-state index contributed by atoms with van der Waals surface area (Å²) < 4.78 is 1.27. The molecule has 1 aliphatic heterocycles. The Morgan fingerprint density at radius 1 is 1.61 bits per heavy atom. The zero-order valence-corrected chi connectivity index (χ0v) is 10.2. The number of aromatic nitrogens is 2. The monoisotopic (exact) mass is 252 g/mol. The lowest BCUT2D eigenvalue weighted by Gasteiger charge is -2.21. The Balaban J connectivity index is 1.94. The standard InChI is InChI=1S/C11H16N4O3/c1-8-3-2-4-15(8)11(18)13-9-5-12-14(6-9)7-10(16)17/h5-6,8H,2-4,7H2,1H3,(H,13,18)(H,16,17). The third kappa shape index (κ3) is 2.79. The number of hydrogen-bond donors (Lipinski definition) is 2. The summed E-state index contributed by atoms with van der Waals surface area (Å²) in [6, 6.07) is 0.0916. The van der Waals surface area contributed by atoms with Gasteiger partial charge in [-0.1, -0.05) is 0 Å². The molecule has 7 heteroatoms. The van der Waals surface area contributed by atoms with E-state index in [-0.39, 0.29) is 18.6 Å². The minimum absolute atomic E-state index is 0.158. The summed E-state index contributed by atoms with van der Waals surface area (Å²) in [6.45, 7) is 2.56. The molecule has 1 aromatic rings. The first kappa shape index (κ1) is 12.4. The number of urea groups is 1. The summed E-state index contributed by atoms with van der Waals surface area (Å²) in [5, 5.41) is 15.2. The Morgan fingerprint density at radius 3 is 3.00 bits per heavy atom. The van der Waals surface area contributed by atoms with Gasteiger partial charge < -0.3 is 15.3 Å². The third-order valence-corrected chi connectivity index (χ3v) is 3.00. The molecule has 98 valence electrons. The molecule has 1 unspecified atom stereocenters. The number of carbonyl (C=O) groups excluding carboxylic acids is 1. The number of carboxylic acid groups (broad SMARTS) is 1. The summed E-state index contributed by atoms with van der Waals surface area (Å²) in [4.78, 5) is 24.2. The molecule has 7 nitrogen and oxygen atoms in total. The second-order valence-electron chi connectivity index (χ2n) is 4.44. The molecule has 0 radical (unpaired) electrons. The highest BCUT2D eigenvalue weighted by Gasteiger charge is 2.25. The predicted octanol–water partition coefficient (Wildman–Crippen LogP) is 0.984. The summed E-state index contributed by atoms with van der Waals surface area (Å²) in [5.41, 5.74) is 0.514. The smallest absolute Gasteiger partial charge is 0.325 e. The van der Waals surface area contributed by atoms with Crippen LogP contribution in [0, 0.1) is 0 Å². The summed E-state index contributed by atoms with van der Waals surface area (Å²) in [7, 11) is 0. The van der Waals surface area contributed by atoms with Crippen LogP contribution < -0.4 is 5.32 Å². The maximum atomic E-state index is 11.9. The molecule has 2 N–H and O–H groups in total. The summed E-state index contributed by atoms with van der Waals surface area (Å²) >= 11 is 0. The molecule has 2 rings (SSSR count). The number of carboxylic acids is 1. The first-order chi connectivity index (χ1) is 8.56. The minimum atomic E-state index is -0.968. The molecule has 1 aliphatic rings. The van der Waals surface area contributed by atoms with Crippen molar-refractivity contribution in [3.8, 4) is 0 Å². The van der Waals surface area contributed by atoms with Crippen molar-refractivity contribution >= 4 is 17.7 Å². The molecule has 0 aromatic carbocycles. The lowest BCUT2D eigenvalue weighted by molar-refractivity contribution is -0.137. The van der Waals surface area contributed by atoms with Crippen molar-refractivity contribution in [3.63, 3.8) is 0 Å². The van der Waals surface area contributed by atoms with Crippen LogP contribution in [0.15, 0.2) is 12.4 Å². The third-order valence-electron chi connectivity index (χ3n) is 3.00. The highest BCUT2D eigenvalue weighted by Crippen LogP contribution is 2.17. The lowest BCUT2D eigenvalue weighted by atomic mass is 10.2. The van der Waals surface area contributed by atoms with Crippen molar-refractivity contribution < 1.29 is 14.7 Å². The van der Waals surface area contributed by atoms with Crippen LogP contribution in [0.2, 0.25) is 0 Å². The second-order valence-corrected chi connectivity index (χ2v) is 4.44. The fraction of sp³-hybridized carbons (Fsp3) is 0.545. The van der Waals surface area contributed by atoms with Gasteiger partial charge in [0.05, 0.1) is 11.9 Å². The van der Waals surface area contributed by atoms with Crippen molar-refractivity contribution in [3.05, 3.63) is 12.4 Å². The Hall–Kier alpha value is -2.05. The van der Waals surface area contributed by atoms with E-state index in [4.69, 9.17) is 5.11 Å². The number of carbonyl (C=O) groups is 2. The number of amides is 2. The molecule has 0 spiro atoms.